The van der Waals surface area contributed by atoms with E-state index in [0.717, 1.165) is 68.9 Å². The first kappa shape index (κ1) is 38.4. The van der Waals surface area contributed by atoms with Gasteiger partial charge < -0.3 is 10.2 Å². The van der Waals surface area contributed by atoms with Crippen LogP contribution in [-0.2, 0) is 4.79 Å². The second-order valence-electron chi connectivity index (χ2n) is 15.0. The van der Waals surface area contributed by atoms with Crippen molar-refractivity contribution in [2.45, 2.75) is 125 Å². The van der Waals surface area contributed by atoms with E-state index in [4.69, 9.17) is 0 Å². The van der Waals surface area contributed by atoms with Crippen LogP contribution in [0.4, 0.5) is 13.2 Å². The molecule has 1 amide bonds. The van der Waals surface area contributed by atoms with Crippen molar-refractivity contribution in [3.63, 3.8) is 0 Å². The Kier molecular flexibility index (Phi) is 15.7. The molecule has 0 spiro atoms. The molecular weight excluding hydrogens is 569 g/mol. The van der Waals surface area contributed by atoms with E-state index in [0.29, 0.717) is 28.7 Å². The van der Waals surface area contributed by atoms with Gasteiger partial charge in [-0.05, 0) is 109 Å². The van der Waals surface area contributed by atoms with E-state index in [1.54, 1.807) is 18.2 Å². The molecule has 2 atom stereocenters. The second kappa shape index (κ2) is 18.4. The second-order valence-corrected chi connectivity index (χ2v) is 15.0. The van der Waals surface area contributed by atoms with Crippen LogP contribution in [0.25, 0.3) is 0 Å². The Bertz CT molecular complexity index is 1190. The molecule has 2 unspecified atom stereocenters. The largest absolute Gasteiger partial charge is 0.382 e. The summed E-state index contributed by atoms with van der Waals surface area (Å²) in [5, 5.41) is 3.50. The molecular formula is C39H59F3N2O. The maximum Gasteiger partial charge on any atom is 0.209 e. The van der Waals surface area contributed by atoms with Crippen molar-refractivity contribution in [3.8, 4) is 0 Å². The predicted molar refractivity (Wildman–Crippen MR) is 183 cm³/mol. The molecule has 2 aromatic rings. The van der Waals surface area contributed by atoms with Gasteiger partial charge >= 0.3 is 0 Å². The van der Waals surface area contributed by atoms with E-state index < -0.39 is 11.6 Å². The lowest BCUT2D eigenvalue weighted by Crippen LogP contribution is -2.32. The highest BCUT2D eigenvalue weighted by molar-refractivity contribution is 5.47. The molecule has 3 nitrogen and oxygen atoms in total. The molecule has 0 radical (unpaired) electrons. The monoisotopic (exact) mass is 628 g/mol. The normalized spacial score (nSPS) is 16.8. The van der Waals surface area contributed by atoms with Gasteiger partial charge in [0.25, 0.3) is 0 Å². The number of rotatable bonds is 11. The Labute approximate surface area is 272 Å². The highest BCUT2D eigenvalue weighted by Gasteiger charge is 2.26. The Hall–Kier alpha value is -2.76. The zero-order valence-corrected chi connectivity index (χ0v) is 29.2. The molecule has 4 rings (SSSR count). The van der Waals surface area contributed by atoms with Crippen molar-refractivity contribution in [2.24, 2.45) is 17.3 Å². The summed E-state index contributed by atoms with van der Waals surface area (Å²) in [6.07, 6.45) is 9.43. The number of amides is 1. The third-order valence-corrected chi connectivity index (χ3v) is 8.43. The number of hydrogen-bond donors (Lipinski definition) is 1. The summed E-state index contributed by atoms with van der Waals surface area (Å²) < 4.78 is 40.3. The van der Waals surface area contributed by atoms with Crippen molar-refractivity contribution in [3.05, 3.63) is 82.8 Å². The summed E-state index contributed by atoms with van der Waals surface area (Å²) in [7, 11) is 0. The third kappa shape index (κ3) is 13.6. The van der Waals surface area contributed by atoms with Crippen molar-refractivity contribution in [2.75, 3.05) is 13.1 Å². The highest BCUT2D eigenvalue weighted by Crippen LogP contribution is 2.36. The fraction of sp³-hybridized carbons (Fsp3) is 0.615. The van der Waals surface area contributed by atoms with E-state index >= 15 is 0 Å². The van der Waals surface area contributed by atoms with Crippen molar-refractivity contribution in [1.29, 1.82) is 0 Å². The highest BCUT2D eigenvalue weighted by atomic mass is 19.1. The molecule has 45 heavy (non-hydrogen) atoms. The quantitative estimate of drug-likeness (QED) is 0.251. The minimum Gasteiger partial charge on any atom is -0.382 e. The van der Waals surface area contributed by atoms with Crippen LogP contribution >= 0.6 is 0 Å². The van der Waals surface area contributed by atoms with Crippen LogP contribution < -0.4 is 5.32 Å². The van der Waals surface area contributed by atoms with Crippen molar-refractivity contribution in [1.82, 2.24) is 10.2 Å². The maximum absolute atomic E-state index is 13.9. The lowest BCUT2D eigenvalue weighted by molar-refractivity contribution is -0.119. The predicted octanol–water partition coefficient (Wildman–Crippen LogP) is 11.1. The fourth-order valence-electron chi connectivity index (χ4n) is 5.99. The van der Waals surface area contributed by atoms with Gasteiger partial charge in [0.05, 0.1) is 0 Å². The summed E-state index contributed by atoms with van der Waals surface area (Å²) in [5.41, 5.74) is 4.49. The third-order valence-electron chi connectivity index (χ3n) is 8.43. The SMILES string of the molecule is C=C(NC(C)c1cc(F)ccc1C1CCN(C=O)CC1)C1CCC1.CC(C)(C)C.CCCC(CC(C)C)c1ccc(F)cc1F. The van der Waals surface area contributed by atoms with Crippen molar-refractivity contribution < 1.29 is 18.0 Å². The number of carbonyl (C=O) groups is 1. The standard InChI is InChI=1S/C20H27FN2O.C14H20F2.C5H12/c1-14(16-4-3-5-16)22-15(2)20-12-18(21)6-7-19(20)17-8-10-23(13-24)11-9-17;1-4-5-11(8-10(2)3)13-7-6-12(15)9-14(13)16;1-5(2,3)4/h6-7,12-13,15-17,22H,1,3-5,8-11H2,2H3;6-7,9-11H,4-5,8H2,1-3H3;1-4H3. The topological polar surface area (TPSA) is 32.3 Å². The van der Waals surface area contributed by atoms with Gasteiger partial charge in [0.1, 0.15) is 17.5 Å². The molecule has 0 bridgehead atoms. The number of nitrogens with zero attached hydrogens (tertiary/aromatic N) is 1. The van der Waals surface area contributed by atoms with Crippen LogP contribution in [0.5, 0.6) is 0 Å². The molecule has 1 aliphatic carbocycles. The van der Waals surface area contributed by atoms with Crippen LogP contribution in [-0.4, -0.2) is 24.4 Å². The lowest BCUT2D eigenvalue weighted by atomic mass is 9.82. The molecule has 6 heteroatoms. The zero-order valence-electron chi connectivity index (χ0n) is 29.2. The first-order valence-electron chi connectivity index (χ1n) is 17.0. The van der Waals surface area contributed by atoms with E-state index in [2.05, 4.69) is 67.3 Å². The molecule has 0 aromatic heterocycles. The fourth-order valence-corrected chi connectivity index (χ4v) is 5.99. The number of hydrogen-bond acceptors (Lipinski definition) is 2. The molecule has 1 aliphatic heterocycles. The van der Waals surface area contributed by atoms with Gasteiger partial charge in [0.15, 0.2) is 0 Å². The van der Waals surface area contributed by atoms with E-state index in [1.807, 2.05) is 11.0 Å². The molecule has 1 heterocycles. The molecule has 2 fully saturated rings. The summed E-state index contributed by atoms with van der Waals surface area (Å²) >= 11 is 0. The van der Waals surface area contributed by atoms with Crippen molar-refractivity contribution >= 4 is 6.41 Å². The molecule has 2 aliphatic rings. The maximum atomic E-state index is 13.9. The Morgan fingerprint density at radius 1 is 0.956 bits per heavy atom. The summed E-state index contributed by atoms with van der Waals surface area (Å²) in [4.78, 5) is 12.7. The van der Waals surface area contributed by atoms with Crippen LogP contribution in [0.15, 0.2) is 48.7 Å². The zero-order chi connectivity index (χ0) is 33.7. The number of piperidine rings is 1. The number of benzene rings is 2. The van der Waals surface area contributed by atoms with E-state index in [-0.39, 0.29) is 17.8 Å². The summed E-state index contributed by atoms with van der Waals surface area (Å²) in [5.74, 6) is 0.604. The van der Waals surface area contributed by atoms with E-state index in [9.17, 15) is 18.0 Å². The first-order chi connectivity index (χ1) is 21.1. The lowest BCUT2D eigenvalue weighted by Gasteiger charge is -2.33. The minimum absolute atomic E-state index is 0.0490. The van der Waals surface area contributed by atoms with Crippen LogP contribution in [0.1, 0.15) is 141 Å². The Balaban J connectivity index is 0.000000290. The van der Waals surface area contributed by atoms with Gasteiger partial charge in [0.2, 0.25) is 6.41 Å². The average Bonchev–Trinajstić information content (AvgIpc) is 2.91. The van der Waals surface area contributed by atoms with Crippen LogP contribution in [0.2, 0.25) is 0 Å². The van der Waals surface area contributed by atoms with Gasteiger partial charge in [-0.15, -0.1) is 0 Å². The summed E-state index contributed by atoms with van der Waals surface area (Å²) in [6, 6.07) is 9.11. The summed E-state index contributed by atoms with van der Waals surface area (Å²) in [6.45, 7) is 22.9. The van der Waals surface area contributed by atoms with Gasteiger partial charge in [0, 0.05) is 30.9 Å². The van der Waals surface area contributed by atoms with Gasteiger partial charge in [-0.1, -0.05) is 80.0 Å². The number of allylic oxidation sites excluding steroid dienone is 1. The van der Waals surface area contributed by atoms with Gasteiger partial charge in [-0.25, -0.2) is 13.2 Å². The van der Waals surface area contributed by atoms with E-state index in [1.165, 1.54) is 30.9 Å². The first-order valence-corrected chi connectivity index (χ1v) is 17.0. The Morgan fingerprint density at radius 3 is 2.02 bits per heavy atom. The van der Waals surface area contributed by atoms with Crippen LogP contribution in [0.3, 0.4) is 0 Å². The molecule has 1 saturated heterocycles. The van der Waals surface area contributed by atoms with Crippen LogP contribution in [0, 0.1) is 34.7 Å². The average molecular weight is 629 g/mol. The number of carbonyl (C=O) groups excluding carboxylic acids is 1. The van der Waals surface area contributed by atoms with Gasteiger partial charge in [-0.3, -0.25) is 4.79 Å². The Morgan fingerprint density at radius 2 is 1.53 bits per heavy atom. The number of nitrogens with one attached hydrogen (secondary N) is 1. The molecule has 2 aromatic carbocycles. The molecule has 1 saturated carbocycles. The molecule has 252 valence electrons. The minimum atomic E-state index is -0.499. The number of halogens is 3. The van der Waals surface area contributed by atoms with Gasteiger partial charge in [-0.2, -0.15) is 0 Å². The molecule has 1 N–H and O–H groups in total. The number of likely N-dealkylation sites (tertiary alicyclic amines) is 1. The smallest absolute Gasteiger partial charge is 0.209 e.